The van der Waals surface area contributed by atoms with E-state index >= 15 is 0 Å². The van der Waals surface area contributed by atoms with Crippen LogP contribution in [0.25, 0.3) is 0 Å². The van der Waals surface area contributed by atoms with Crippen LogP contribution in [-0.4, -0.2) is 47.9 Å². The molecule has 1 heterocycles. The molecule has 0 radical (unpaired) electrons. The maximum Gasteiger partial charge on any atom is 0.254 e. The summed E-state index contributed by atoms with van der Waals surface area (Å²) in [6.07, 6.45) is 3.37. The number of rotatable bonds is 7. The summed E-state index contributed by atoms with van der Waals surface area (Å²) in [4.78, 5) is 17.4. The van der Waals surface area contributed by atoms with Crippen molar-refractivity contribution in [2.45, 2.75) is 45.2 Å². The van der Waals surface area contributed by atoms with Crippen molar-refractivity contribution in [1.29, 1.82) is 0 Å². The Balaban J connectivity index is 0.00000280. The smallest absolute Gasteiger partial charge is 0.254 e. The summed E-state index contributed by atoms with van der Waals surface area (Å²) in [5, 5.41) is 0. The lowest BCUT2D eigenvalue weighted by Gasteiger charge is -2.28. The first-order chi connectivity index (χ1) is 13.1. The van der Waals surface area contributed by atoms with Gasteiger partial charge in [0.05, 0.1) is 0 Å². The van der Waals surface area contributed by atoms with Crippen LogP contribution < -0.4 is 4.74 Å². The molecule has 2 aromatic carbocycles. The summed E-state index contributed by atoms with van der Waals surface area (Å²) in [7, 11) is 1.92. The highest BCUT2D eigenvalue weighted by Crippen LogP contribution is 2.24. The number of likely N-dealkylation sites (N-methyl/N-ethyl adjacent to an activating group) is 1. The highest BCUT2D eigenvalue weighted by molar-refractivity contribution is 5.94. The van der Waals surface area contributed by atoms with Crippen molar-refractivity contribution in [3.63, 3.8) is 0 Å². The van der Waals surface area contributed by atoms with Crippen LogP contribution >= 0.6 is 12.4 Å². The van der Waals surface area contributed by atoms with Crippen LogP contribution in [-0.2, 0) is 0 Å². The van der Waals surface area contributed by atoms with Crippen LogP contribution in [0.15, 0.2) is 54.6 Å². The minimum atomic E-state index is 0. The lowest BCUT2D eigenvalue weighted by molar-refractivity contribution is 0.0729. The first-order valence-corrected chi connectivity index (χ1v) is 9.96. The lowest BCUT2D eigenvalue weighted by atomic mass is 10.1. The summed E-state index contributed by atoms with van der Waals surface area (Å²) in [6.45, 7) is 6.53. The average Bonchev–Trinajstić information content (AvgIpc) is 3.19. The van der Waals surface area contributed by atoms with E-state index in [2.05, 4.69) is 18.7 Å². The predicted molar refractivity (Wildman–Crippen MR) is 117 cm³/mol. The van der Waals surface area contributed by atoms with Gasteiger partial charge in [-0.2, -0.15) is 0 Å². The van der Waals surface area contributed by atoms with Gasteiger partial charge in [-0.1, -0.05) is 38.1 Å². The number of ether oxygens (including phenoxy) is 1. The molecule has 2 aromatic rings. The van der Waals surface area contributed by atoms with Gasteiger partial charge in [-0.15, -0.1) is 12.4 Å². The van der Waals surface area contributed by atoms with E-state index in [1.165, 1.54) is 12.8 Å². The Morgan fingerprint density at radius 2 is 1.79 bits per heavy atom. The molecule has 152 valence electrons. The third-order valence-corrected chi connectivity index (χ3v) is 5.58. The predicted octanol–water partition coefficient (Wildman–Crippen LogP) is 5.24. The van der Waals surface area contributed by atoms with E-state index in [0.29, 0.717) is 17.4 Å². The van der Waals surface area contributed by atoms with Crippen LogP contribution in [0.4, 0.5) is 0 Å². The first-order valence-electron chi connectivity index (χ1n) is 9.96. The molecule has 0 N–H and O–H groups in total. The standard InChI is InChI=1S/C23H30N2O2.ClH/c1-4-19(5-2)25-15-14-20(17-25)24(3)23(26)18-10-9-13-22(16-18)27-21-11-7-6-8-12-21;/h6-13,16,19-20H,4-5,14-15,17H2,1-3H3;1H. The van der Waals surface area contributed by atoms with Gasteiger partial charge in [0.15, 0.2) is 0 Å². The molecule has 3 rings (SSSR count). The van der Waals surface area contributed by atoms with Crippen LogP contribution in [0.3, 0.4) is 0 Å². The third kappa shape index (κ3) is 5.27. The SMILES string of the molecule is CCC(CC)N1CCC(N(C)C(=O)c2cccc(Oc3ccccc3)c2)C1.Cl. The maximum atomic E-state index is 13.0. The Kier molecular flexibility index (Phi) is 8.34. The molecule has 0 aliphatic carbocycles. The number of halogens is 1. The fraction of sp³-hybridized carbons (Fsp3) is 0.435. The van der Waals surface area contributed by atoms with Crippen LogP contribution in [0.2, 0.25) is 0 Å². The van der Waals surface area contributed by atoms with E-state index in [4.69, 9.17) is 4.74 Å². The Morgan fingerprint density at radius 3 is 2.46 bits per heavy atom. The molecular formula is C23H31ClN2O2. The summed E-state index contributed by atoms with van der Waals surface area (Å²) in [5.41, 5.74) is 0.673. The molecule has 1 aliphatic heterocycles. The minimum absolute atomic E-state index is 0. The normalized spacial score (nSPS) is 16.6. The number of nitrogens with zero attached hydrogens (tertiary/aromatic N) is 2. The fourth-order valence-electron chi connectivity index (χ4n) is 3.91. The summed E-state index contributed by atoms with van der Waals surface area (Å²) in [5.74, 6) is 1.52. The molecule has 1 saturated heterocycles. The van der Waals surface area contributed by atoms with Crippen molar-refractivity contribution in [3.8, 4) is 11.5 Å². The number of likely N-dealkylation sites (tertiary alicyclic amines) is 1. The number of benzene rings is 2. The van der Waals surface area contributed by atoms with Gasteiger partial charge in [-0.3, -0.25) is 9.69 Å². The van der Waals surface area contributed by atoms with Crippen LogP contribution in [0.1, 0.15) is 43.5 Å². The van der Waals surface area contributed by atoms with Gasteiger partial charge in [-0.25, -0.2) is 0 Å². The van der Waals surface area contributed by atoms with Gasteiger partial charge < -0.3 is 9.64 Å². The summed E-state index contributed by atoms with van der Waals surface area (Å²) in [6, 6.07) is 18.0. The second-order valence-corrected chi connectivity index (χ2v) is 7.27. The molecule has 1 fully saturated rings. The van der Waals surface area contributed by atoms with E-state index in [1.807, 2.05) is 66.5 Å². The summed E-state index contributed by atoms with van der Waals surface area (Å²) < 4.78 is 5.87. The van der Waals surface area contributed by atoms with Crippen molar-refractivity contribution in [3.05, 3.63) is 60.2 Å². The van der Waals surface area contributed by atoms with Crippen molar-refractivity contribution in [1.82, 2.24) is 9.80 Å². The number of hydrogen-bond acceptors (Lipinski definition) is 3. The number of carbonyl (C=O) groups excluding carboxylic acids is 1. The number of hydrogen-bond donors (Lipinski definition) is 0. The second kappa shape index (κ2) is 10.5. The van der Waals surface area contributed by atoms with Gasteiger partial charge in [0, 0.05) is 37.8 Å². The van der Waals surface area contributed by atoms with Crippen molar-refractivity contribution in [2.24, 2.45) is 0 Å². The molecule has 1 amide bonds. The number of amides is 1. The number of carbonyl (C=O) groups is 1. The average molecular weight is 403 g/mol. The highest BCUT2D eigenvalue weighted by Gasteiger charge is 2.31. The minimum Gasteiger partial charge on any atom is -0.457 e. The monoisotopic (exact) mass is 402 g/mol. The third-order valence-electron chi connectivity index (χ3n) is 5.58. The molecule has 4 nitrogen and oxygen atoms in total. The molecule has 0 aromatic heterocycles. The Morgan fingerprint density at radius 1 is 1.11 bits per heavy atom. The number of para-hydroxylation sites is 1. The molecule has 28 heavy (non-hydrogen) atoms. The lowest BCUT2D eigenvalue weighted by Crippen LogP contribution is -2.40. The van der Waals surface area contributed by atoms with Gasteiger partial charge >= 0.3 is 0 Å². The molecule has 5 heteroatoms. The van der Waals surface area contributed by atoms with Crippen molar-refractivity contribution >= 4 is 18.3 Å². The first kappa shape index (κ1) is 22.3. The van der Waals surface area contributed by atoms with E-state index in [1.54, 1.807) is 0 Å². The van der Waals surface area contributed by atoms with Gasteiger partial charge in [0.25, 0.3) is 5.91 Å². The fourth-order valence-corrected chi connectivity index (χ4v) is 3.91. The zero-order valence-corrected chi connectivity index (χ0v) is 17.8. The molecule has 1 atom stereocenters. The second-order valence-electron chi connectivity index (χ2n) is 7.27. The van der Waals surface area contributed by atoms with E-state index in [-0.39, 0.29) is 24.4 Å². The van der Waals surface area contributed by atoms with E-state index < -0.39 is 0 Å². The van der Waals surface area contributed by atoms with Gasteiger partial charge in [0.2, 0.25) is 0 Å². The zero-order chi connectivity index (χ0) is 19.2. The van der Waals surface area contributed by atoms with E-state index in [9.17, 15) is 4.79 Å². The molecule has 0 spiro atoms. The quantitative estimate of drug-likeness (QED) is 0.635. The molecule has 0 saturated carbocycles. The van der Waals surface area contributed by atoms with Gasteiger partial charge in [-0.05, 0) is 49.6 Å². The molecule has 1 unspecified atom stereocenters. The Bertz CT molecular complexity index is 749. The Hall–Kier alpha value is -2.04. The van der Waals surface area contributed by atoms with Crippen molar-refractivity contribution < 1.29 is 9.53 Å². The molecule has 1 aliphatic rings. The topological polar surface area (TPSA) is 32.8 Å². The van der Waals surface area contributed by atoms with E-state index in [0.717, 1.165) is 25.3 Å². The van der Waals surface area contributed by atoms with Crippen LogP contribution in [0, 0.1) is 0 Å². The molecular weight excluding hydrogens is 372 g/mol. The zero-order valence-electron chi connectivity index (χ0n) is 17.0. The largest absolute Gasteiger partial charge is 0.457 e. The van der Waals surface area contributed by atoms with Gasteiger partial charge in [0.1, 0.15) is 11.5 Å². The highest BCUT2D eigenvalue weighted by atomic mass is 35.5. The molecule has 0 bridgehead atoms. The summed E-state index contributed by atoms with van der Waals surface area (Å²) >= 11 is 0. The van der Waals surface area contributed by atoms with Crippen molar-refractivity contribution in [2.75, 3.05) is 20.1 Å². The Labute approximate surface area is 174 Å². The maximum absolute atomic E-state index is 13.0. The van der Waals surface area contributed by atoms with Crippen LogP contribution in [0.5, 0.6) is 11.5 Å².